The van der Waals surface area contributed by atoms with Crippen molar-refractivity contribution in [3.8, 4) is 11.1 Å². The highest BCUT2D eigenvalue weighted by atomic mass is 32.2. The van der Waals surface area contributed by atoms with E-state index in [0.717, 1.165) is 48.1 Å². The summed E-state index contributed by atoms with van der Waals surface area (Å²) < 4.78 is 28.8. The predicted molar refractivity (Wildman–Crippen MR) is 141 cm³/mol. The van der Waals surface area contributed by atoms with Crippen LogP contribution in [0, 0.1) is 0 Å². The maximum atomic E-state index is 13.7. The molecule has 0 spiro atoms. The zero-order valence-corrected chi connectivity index (χ0v) is 20.3. The van der Waals surface area contributed by atoms with Gasteiger partial charge >= 0.3 is 0 Å². The van der Waals surface area contributed by atoms with Crippen molar-refractivity contribution in [3.05, 3.63) is 91.1 Å². The number of piperazine rings is 1. The maximum Gasteiger partial charge on any atom is 0.269 e. The smallest absolute Gasteiger partial charge is 0.269 e. The van der Waals surface area contributed by atoms with E-state index in [1.807, 2.05) is 36.4 Å². The third-order valence-corrected chi connectivity index (χ3v) is 8.56. The van der Waals surface area contributed by atoms with Crippen LogP contribution in [0.5, 0.6) is 0 Å². The molecule has 6 rings (SSSR count). The molecule has 0 amide bonds. The first kappa shape index (κ1) is 21.8. The molecule has 6 nitrogen and oxygen atoms in total. The number of pyridine rings is 1. The summed E-state index contributed by atoms with van der Waals surface area (Å²) in [6.45, 7) is 4.14. The molecule has 1 aliphatic rings. The lowest BCUT2D eigenvalue weighted by Gasteiger charge is -2.34. The topological polar surface area (TPSA) is 58.4 Å². The summed E-state index contributed by atoms with van der Waals surface area (Å²) in [4.78, 5) is 9.56. The average molecular weight is 483 g/mol. The molecule has 0 N–H and O–H groups in total. The van der Waals surface area contributed by atoms with Crippen LogP contribution in [-0.2, 0) is 10.0 Å². The number of rotatable bonds is 4. The summed E-state index contributed by atoms with van der Waals surface area (Å²) in [5.74, 6) is 0. The Hall–Kier alpha value is -3.68. The lowest BCUT2D eigenvalue weighted by molar-refractivity contribution is 0.313. The second kappa shape index (κ2) is 8.52. The highest BCUT2D eigenvalue weighted by molar-refractivity contribution is 7.90. The van der Waals surface area contributed by atoms with Crippen molar-refractivity contribution in [1.82, 2.24) is 13.9 Å². The third-order valence-electron chi connectivity index (χ3n) is 6.84. The fourth-order valence-corrected chi connectivity index (χ4v) is 6.44. The molecule has 0 radical (unpaired) electrons. The maximum absolute atomic E-state index is 13.7. The molecular formula is C28H26N4O2S. The monoisotopic (exact) mass is 482 g/mol. The van der Waals surface area contributed by atoms with Crippen molar-refractivity contribution in [2.75, 3.05) is 38.1 Å². The first-order chi connectivity index (χ1) is 17.0. The second-order valence-electron chi connectivity index (χ2n) is 8.99. The van der Waals surface area contributed by atoms with Crippen molar-refractivity contribution in [3.63, 3.8) is 0 Å². The fourth-order valence-electron chi connectivity index (χ4n) is 4.94. The van der Waals surface area contributed by atoms with Crippen LogP contribution >= 0.6 is 0 Å². The Labute approximate surface area is 205 Å². The molecule has 0 bridgehead atoms. The molecule has 0 aliphatic carbocycles. The van der Waals surface area contributed by atoms with E-state index in [4.69, 9.17) is 0 Å². The van der Waals surface area contributed by atoms with Gasteiger partial charge in [-0.25, -0.2) is 17.4 Å². The van der Waals surface area contributed by atoms with Crippen molar-refractivity contribution < 1.29 is 8.42 Å². The molecule has 5 aromatic rings. The summed E-state index contributed by atoms with van der Waals surface area (Å²) >= 11 is 0. The van der Waals surface area contributed by atoms with Crippen molar-refractivity contribution in [2.45, 2.75) is 4.90 Å². The number of anilines is 1. The van der Waals surface area contributed by atoms with Gasteiger partial charge in [-0.3, -0.25) is 0 Å². The Morgan fingerprint density at radius 2 is 1.46 bits per heavy atom. The van der Waals surface area contributed by atoms with Crippen molar-refractivity contribution in [2.24, 2.45) is 0 Å². The van der Waals surface area contributed by atoms with E-state index in [-0.39, 0.29) is 4.90 Å². The SMILES string of the molecule is CN1CCN(c2ccc(-c3ccnc4c3c3ccccc3n4S(=O)(=O)c3ccccc3)cc2)CC1. The highest BCUT2D eigenvalue weighted by Gasteiger charge is 2.25. The van der Waals surface area contributed by atoms with Gasteiger partial charge in [-0.2, -0.15) is 0 Å². The van der Waals surface area contributed by atoms with Gasteiger partial charge in [0.2, 0.25) is 0 Å². The molecule has 176 valence electrons. The van der Waals surface area contributed by atoms with Gasteiger partial charge in [0.25, 0.3) is 10.0 Å². The van der Waals surface area contributed by atoms with Gasteiger partial charge < -0.3 is 9.80 Å². The molecule has 2 aromatic heterocycles. The molecule has 1 fully saturated rings. The normalized spacial score (nSPS) is 15.2. The number of para-hydroxylation sites is 1. The molecule has 0 unspecified atom stereocenters. The number of likely N-dealkylation sites (N-methyl/N-ethyl adjacent to an activating group) is 1. The number of hydrogen-bond acceptors (Lipinski definition) is 5. The first-order valence-electron chi connectivity index (χ1n) is 11.8. The third kappa shape index (κ3) is 3.68. The lowest BCUT2D eigenvalue weighted by Crippen LogP contribution is -2.44. The van der Waals surface area contributed by atoms with Gasteiger partial charge in [0.05, 0.1) is 10.4 Å². The van der Waals surface area contributed by atoms with E-state index >= 15 is 0 Å². The summed E-state index contributed by atoms with van der Waals surface area (Å²) in [6.07, 6.45) is 1.70. The van der Waals surface area contributed by atoms with E-state index in [0.29, 0.717) is 11.2 Å². The fraction of sp³-hybridized carbons (Fsp3) is 0.179. The summed E-state index contributed by atoms with van der Waals surface area (Å²) in [5.41, 5.74) is 4.28. The Morgan fingerprint density at radius 1 is 0.771 bits per heavy atom. The second-order valence-corrected chi connectivity index (χ2v) is 10.8. The van der Waals surface area contributed by atoms with Gasteiger partial charge in [-0.15, -0.1) is 0 Å². The van der Waals surface area contributed by atoms with Crippen LogP contribution < -0.4 is 4.90 Å². The van der Waals surface area contributed by atoms with Crippen molar-refractivity contribution in [1.29, 1.82) is 0 Å². The van der Waals surface area contributed by atoms with Crippen LogP contribution in [0.3, 0.4) is 0 Å². The van der Waals surface area contributed by atoms with Crippen LogP contribution in [0.25, 0.3) is 33.1 Å². The zero-order chi connectivity index (χ0) is 24.0. The van der Waals surface area contributed by atoms with Gasteiger partial charge in [0.15, 0.2) is 5.65 Å². The minimum absolute atomic E-state index is 0.242. The number of nitrogens with zero attached hydrogens (tertiary/aromatic N) is 4. The standard InChI is InChI=1S/C28H26N4O2S/c1-30-17-19-31(20-18-30)22-13-11-21(12-14-22)24-15-16-29-28-27(24)25-9-5-6-10-26(25)32(28)35(33,34)23-7-3-2-4-8-23/h2-16H,17-20H2,1H3. The van der Waals surface area contributed by atoms with Gasteiger partial charge in [0.1, 0.15) is 0 Å². The van der Waals surface area contributed by atoms with Gasteiger partial charge in [0, 0.05) is 48.8 Å². The minimum Gasteiger partial charge on any atom is -0.369 e. The van der Waals surface area contributed by atoms with E-state index in [2.05, 4.69) is 46.1 Å². The van der Waals surface area contributed by atoms with Gasteiger partial charge in [-0.1, -0.05) is 48.5 Å². The molecule has 1 aliphatic heterocycles. The lowest BCUT2D eigenvalue weighted by atomic mass is 10.0. The summed E-state index contributed by atoms with van der Waals surface area (Å²) in [7, 11) is -1.67. The summed E-state index contributed by atoms with van der Waals surface area (Å²) in [6, 6.07) is 26.7. The molecule has 3 heterocycles. The Kier molecular flexibility index (Phi) is 5.31. The van der Waals surface area contributed by atoms with Crippen LogP contribution in [-0.4, -0.2) is 55.5 Å². The van der Waals surface area contributed by atoms with Crippen LogP contribution in [0.4, 0.5) is 5.69 Å². The van der Waals surface area contributed by atoms with Crippen molar-refractivity contribution >= 4 is 37.6 Å². The molecular weight excluding hydrogens is 456 g/mol. The molecule has 1 saturated heterocycles. The minimum atomic E-state index is -3.83. The molecule has 7 heteroatoms. The van der Waals surface area contributed by atoms with Crippen LogP contribution in [0.15, 0.2) is 96.0 Å². The van der Waals surface area contributed by atoms with E-state index in [9.17, 15) is 8.42 Å². The van der Waals surface area contributed by atoms with Gasteiger partial charge in [-0.05, 0) is 54.6 Å². The molecule has 0 atom stereocenters. The molecule has 0 saturated carbocycles. The number of hydrogen-bond donors (Lipinski definition) is 0. The van der Waals surface area contributed by atoms with Crippen LogP contribution in [0.2, 0.25) is 0 Å². The average Bonchev–Trinajstić information content (AvgIpc) is 3.25. The number of benzene rings is 3. The van der Waals surface area contributed by atoms with E-state index < -0.39 is 10.0 Å². The van der Waals surface area contributed by atoms with Crippen LogP contribution in [0.1, 0.15) is 0 Å². The number of aromatic nitrogens is 2. The van der Waals surface area contributed by atoms with E-state index in [1.54, 1.807) is 30.5 Å². The number of fused-ring (bicyclic) bond motifs is 3. The Bertz CT molecular complexity index is 1620. The van der Waals surface area contributed by atoms with E-state index in [1.165, 1.54) is 9.66 Å². The Morgan fingerprint density at radius 3 is 2.20 bits per heavy atom. The quantitative estimate of drug-likeness (QED) is 0.367. The largest absolute Gasteiger partial charge is 0.369 e. The molecule has 35 heavy (non-hydrogen) atoms. The predicted octanol–water partition coefficient (Wildman–Crippen LogP) is 4.85. The zero-order valence-electron chi connectivity index (χ0n) is 19.5. The first-order valence-corrected chi connectivity index (χ1v) is 13.2. The summed E-state index contributed by atoms with van der Waals surface area (Å²) in [5, 5.41) is 1.71. The Balaban J connectivity index is 1.52. The molecule has 3 aromatic carbocycles. The highest BCUT2D eigenvalue weighted by Crippen LogP contribution is 2.38.